The minimum atomic E-state index is -0.822. The lowest BCUT2D eigenvalue weighted by atomic mass is 9.99. The first-order valence-corrected chi connectivity index (χ1v) is 8.93. The van der Waals surface area contributed by atoms with E-state index in [2.05, 4.69) is 5.32 Å². The summed E-state index contributed by atoms with van der Waals surface area (Å²) < 4.78 is 5.07. The van der Waals surface area contributed by atoms with E-state index in [9.17, 15) is 19.6 Å². The molecule has 1 rings (SSSR count). The fourth-order valence-corrected chi connectivity index (χ4v) is 2.60. The SMILES string of the molecule is CCCCC(CN(O)C=O)C(=O)N[C@@H](Cc1ccccc1)C(=O)OCC. The molecule has 7 heteroatoms. The average Bonchev–Trinajstić information content (AvgIpc) is 2.65. The zero-order valence-corrected chi connectivity index (χ0v) is 15.4. The van der Waals surface area contributed by atoms with E-state index in [-0.39, 0.29) is 25.5 Å². The Kier molecular flexibility index (Phi) is 10.0. The highest BCUT2D eigenvalue weighted by atomic mass is 16.5. The summed E-state index contributed by atoms with van der Waals surface area (Å²) in [6.45, 7) is 3.80. The maximum absolute atomic E-state index is 12.6. The van der Waals surface area contributed by atoms with Crippen molar-refractivity contribution in [2.24, 2.45) is 5.92 Å². The van der Waals surface area contributed by atoms with Crippen molar-refractivity contribution in [2.45, 2.75) is 45.6 Å². The zero-order chi connectivity index (χ0) is 19.4. The number of nitrogens with zero attached hydrogens (tertiary/aromatic N) is 1. The Morgan fingerprint density at radius 3 is 2.54 bits per heavy atom. The molecule has 0 spiro atoms. The Balaban J connectivity index is 2.85. The molecule has 0 saturated heterocycles. The number of ether oxygens (including phenoxy) is 1. The summed E-state index contributed by atoms with van der Waals surface area (Å²) in [5.41, 5.74) is 0.896. The molecule has 0 aliphatic rings. The van der Waals surface area contributed by atoms with Crippen LogP contribution in [-0.2, 0) is 25.5 Å². The van der Waals surface area contributed by atoms with Crippen LogP contribution in [0, 0.1) is 5.92 Å². The van der Waals surface area contributed by atoms with Crippen molar-refractivity contribution in [1.82, 2.24) is 10.4 Å². The smallest absolute Gasteiger partial charge is 0.328 e. The normalized spacial score (nSPS) is 12.7. The molecule has 0 radical (unpaired) electrons. The summed E-state index contributed by atoms with van der Waals surface area (Å²) in [4.78, 5) is 35.5. The third-order valence-corrected chi connectivity index (χ3v) is 3.98. The van der Waals surface area contributed by atoms with Gasteiger partial charge in [-0.3, -0.25) is 14.8 Å². The molecule has 0 saturated carbocycles. The van der Waals surface area contributed by atoms with Gasteiger partial charge in [0.05, 0.1) is 19.1 Å². The Morgan fingerprint density at radius 2 is 1.96 bits per heavy atom. The molecule has 26 heavy (non-hydrogen) atoms. The number of carbonyl (C=O) groups excluding carboxylic acids is 3. The first-order valence-electron chi connectivity index (χ1n) is 8.93. The van der Waals surface area contributed by atoms with Crippen LogP contribution in [0.5, 0.6) is 0 Å². The molecule has 2 atom stereocenters. The molecule has 1 aromatic rings. The quantitative estimate of drug-likeness (QED) is 0.256. The Bertz CT molecular complexity index is 564. The predicted octanol–water partition coefficient (Wildman–Crippen LogP) is 1.93. The van der Waals surface area contributed by atoms with Gasteiger partial charge in [0.15, 0.2) is 0 Å². The van der Waals surface area contributed by atoms with Gasteiger partial charge in [0.1, 0.15) is 6.04 Å². The second-order valence-electron chi connectivity index (χ2n) is 6.07. The van der Waals surface area contributed by atoms with E-state index in [1.54, 1.807) is 6.92 Å². The van der Waals surface area contributed by atoms with Crippen molar-refractivity contribution in [3.8, 4) is 0 Å². The average molecular weight is 364 g/mol. The maximum atomic E-state index is 12.6. The first kappa shape index (κ1) is 21.6. The number of carbonyl (C=O) groups is 3. The molecule has 0 heterocycles. The van der Waals surface area contributed by atoms with Crippen molar-refractivity contribution in [2.75, 3.05) is 13.2 Å². The van der Waals surface area contributed by atoms with E-state index in [1.807, 2.05) is 37.3 Å². The maximum Gasteiger partial charge on any atom is 0.328 e. The summed E-state index contributed by atoms with van der Waals surface area (Å²) >= 11 is 0. The van der Waals surface area contributed by atoms with Crippen LogP contribution in [0.3, 0.4) is 0 Å². The molecule has 0 fully saturated rings. The highest BCUT2D eigenvalue weighted by molar-refractivity contribution is 5.86. The van der Waals surface area contributed by atoms with E-state index in [1.165, 1.54) is 0 Å². The van der Waals surface area contributed by atoms with Gasteiger partial charge >= 0.3 is 5.97 Å². The van der Waals surface area contributed by atoms with E-state index < -0.39 is 17.9 Å². The molecule has 1 aromatic carbocycles. The van der Waals surface area contributed by atoms with Gasteiger partial charge in [-0.2, -0.15) is 0 Å². The summed E-state index contributed by atoms with van der Waals surface area (Å²) in [5.74, 6) is -1.48. The number of rotatable bonds is 12. The molecular formula is C19H28N2O5. The van der Waals surface area contributed by atoms with Gasteiger partial charge in [0.25, 0.3) is 0 Å². The standard InChI is InChI=1S/C19H28N2O5/c1-3-5-11-16(13-21(25)14-22)18(23)20-17(19(24)26-4-2)12-15-9-7-6-8-10-15/h6-10,14,16-17,25H,3-5,11-13H2,1-2H3,(H,20,23)/t16?,17-/m0/s1. The molecule has 0 aromatic heterocycles. The lowest BCUT2D eigenvalue weighted by Gasteiger charge is -2.23. The monoisotopic (exact) mass is 364 g/mol. The van der Waals surface area contributed by atoms with Gasteiger partial charge < -0.3 is 10.1 Å². The number of hydroxylamine groups is 2. The molecular weight excluding hydrogens is 336 g/mol. The molecule has 2 N–H and O–H groups in total. The van der Waals surface area contributed by atoms with E-state index in [0.717, 1.165) is 18.4 Å². The number of amides is 2. The number of nitrogens with one attached hydrogen (secondary N) is 1. The molecule has 2 amide bonds. The van der Waals surface area contributed by atoms with E-state index in [0.29, 0.717) is 17.9 Å². The second kappa shape index (κ2) is 12.0. The van der Waals surface area contributed by atoms with Crippen LogP contribution in [-0.4, -0.2) is 47.8 Å². The van der Waals surface area contributed by atoms with Crippen LogP contribution in [0.1, 0.15) is 38.7 Å². The van der Waals surface area contributed by atoms with Crippen LogP contribution < -0.4 is 5.32 Å². The number of benzene rings is 1. The van der Waals surface area contributed by atoms with Crippen molar-refractivity contribution >= 4 is 18.3 Å². The predicted molar refractivity (Wildman–Crippen MR) is 96.3 cm³/mol. The van der Waals surface area contributed by atoms with Crippen LogP contribution >= 0.6 is 0 Å². The van der Waals surface area contributed by atoms with E-state index in [4.69, 9.17) is 4.74 Å². The highest BCUT2D eigenvalue weighted by Crippen LogP contribution is 2.12. The molecule has 7 nitrogen and oxygen atoms in total. The summed E-state index contributed by atoms with van der Waals surface area (Å²) in [7, 11) is 0. The minimum Gasteiger partial charge on any atom is -0.464 e. The molecule has 144 valence electrons. The summed E-state index contributed by atoms with van der Waals surface area (Å²) in [6, 6.07) is 8.51. The van der Waals surface area contributed by atoms with Gasteiger partial charge in [-0.1, -0.05) is 50.1 Å². The minimum absolute atomic E-state index is 0.115. The fourth-order valence-electron chi connectivity index (χ4n) is 2.60. The van der Waals surface area contributed by atoms with Gasteiger partial charge in [-0.05, 0) is 18.9 Å². The third kappa shape index (κ3) is 7.65. The molecule has 0 bridgehead atoms. The zero-order valence-electron chi connectivity index (χ0n) is 15.4. The highest BCUT2D eigenvalue weighted by Gasteiger charge is 2.27. The first-order chi connectivity index (χ1) is 12.5. The molecule has 1 unspecified atom stereocenters. The summed E-state index contributed by atoms with van der Waals surface area (Å²) in [5, 5.41) is 12.6. The Labute approximate surface area is 154 Å². The lowest BCUT2D eigenvalue weighted by molar-refractivity contribution is -0.156. The lowest BCUT2D eigenvalue weighted by Crippen LogP contribution is -2.47. The van der Waals surface area contributed by atoms with Gasteiger partial charge in [0, 0.05) is 6.42 Å². The summed E-state index contributed by atoms with van der Waals surface area (Å²) in [6.07, 6.45) is 2.73. The largest absolute Gasteiger partial charge is 0.464 e. The van der Waals surface area contributed by atoms with E-state index >= 15 is 0 Å². The fraction of sp³-hybridized carbons (Fsp3) is 0.526. The van der Waals surface area contributed by atoms with Crippen molar-refractivity contribution in [1.29, 1.82) is 0 Å². The van der Waals surface area contributed by atoms with Crippen molar-refractivity contribution in [3.63, 3.8) is 0 Å². The van der Waals surface area contributed by atoms with Gasteiger partial charge in [0.2, 0.25) is 12.3 Å². The second-order valence-corrected chi connectivity index (χ2v) is 6.07. The Morgan fingerprint density at radius 1 is 1.27 bits per heavy atom. The van der Waals surface area contributed by atoms with Gasteiger partial charge in [-0.25, -0.2) is 9.86 Å². The number of hydrogen-bond donors (Lipinski definition) is 2. The third-order valence-electron chi connectivity index (χ3n) is 3.98. The van der Waals surface area contributed by atoms with Crippen LogP contribution in [0.2, 0.25) is 0 Å². The molecule has 0 aliphatic heterocycles. The van der Waals surface area contributed by atoms with Crippen LogP contribution in [0.25, 0.3) is 0 Å². The van der Waals surface area contributed by atoms with Gasteiger partial charge in [-0.15, -0.1) is 0 Å². The number of unbranched alkanes of at least 4 members (excludes halogenated alkanes) is 1. The number of hydrogen-bond acceptors (Lipinski definition) is 5. The topological polar surface area (TPSA) is 95.9 Å². The van der Waals surface area contributed by atoms with Crippen molar-refractivity contribution in [3.05, 3.63) is 35.9 Å². The Hall–Kier alpha value is -2.41. The number of esters is 1. The van der Waals surface area contributed by atoms with Crippen molar-refractivity contribution < 1.29 is 24.3 Å². The molecule has 0 aliphatic carbocycles. The van der Waals surface area contributed by atoms with Crippen LogP contribution in [0.4, 0.5) is 0 Å². The van der Waals surface area contributed by atoms with Crippen LogP contribution in [0.15, 0.2) is 30.3 Å².